The standard InChI is InChI=1S/C12H8BrFN2O2/c13-9-2-1-3-10(14)11(9)16-12(18)7-4-8(17)6-15-5-7/h1-6,17H,(H,16,18). The Bertz CT molecular complexity index is 584. The lowest BCUT2D eigenvalue weighted by molar-refractivity contribution is 0.102. The lowest BCUT2D eigenvalue weighted by Gasteiger charge is -2.08. The first-order valence-electron chi connectivity index (χ1n) is 4.97. The molecule has 0 saturated heterocycles. The second kappa shape index (κ2) is 5.14. The van der Waals surface area contributed by atoms with Crippen molar-refractivity contribution in [2.24, 2.45) is 0 Å². The molecule has 2 aromatic rings. The van der Waals surface area contributed by atoms with Crippen LogP contribution in [0.25, 0.3) is 0 Å². The predicted octanol–water partition coefficient (Wildman–Crippen LogP) is 2.94. The van der Waals surface area contributed by atoms with Crippen LogP contribution in [0.15, 0.2) is 41.1 Å². The van der Waals surface area contributed by atoms with Crippen molar-refractivity contribution in [2.45, 2.75) is 0 Å². The Balaban J connectivity index is 2.27. The Morgan fingerprint density at radius 2 is 2.17 bits per heavy atom. The number of anilines is 1. The summed E-state index contributed by atoms with van der Waals surface area (Å²) in [5.41, 5.74) is 0.191. The number of hydrogen-bond acceptors (Lipinski definition) is 3. The number of carbonyl (C=O) groups is 1. The fraction of sp³-hybridized carbons (Fsp3) is 0. The number of aromatic nitrogens is 1. The molecular formula is C12H8BrFN2O2. The van der Waals surface area contributed by atoms with Crippen molar-refractivity contribution in [3.05, 3.63) is 52.5 Å². The molecule has 1 amide bonds. The summed E-state index contributed by atoms with van der Waals surface area (Å²) in [6.45, 7) is 0. The molecule has 0 unspecified atom stereocenters. The molecule has 0 bridgehead atoms. The van der Waals surface area contributed by atoms with Crippen LogP contribution in [0.5, 0.6) is 5.75 Å². The average Bonchev–Trinajstić information content (AvgIpc) is 2.34. The van der Waals surface area contributed by atoms with E-state index in [1.54, 1.807) is 6.07 Å². The lowest BCUT2D eigenvalue weighted by Crippen LogP contribution is -2.13. The van der Waals surface area contributed by atoms with Gasteiger partial charge in [-0.2, -0.15) is 0 Å². The molecule has 92 valence electrons. The zero-order chi connectivity index (χ0) is 13.1. The summed E-state index contributed by atoms with van der Waals surface area (Å²) < 4.78 is 13.9. The number of halogens is 2. The van der Waals surface area contributed by atoms with Crippen molar-refractivity contribution in [3.8, 4) is 5.75 Å². The van der Waals surface area contributed by atoms with E-state index in [0.29, 0.717) is 4.47 Å². The van der Waals surface area contributed by atoms with Crippen molar-refractivity contribution < 1.29 is 14.3 Å². The molecule has 0 atom stereocenters. The van der Waals surface area contributed by atoms with Crippen LogP contribution >= 0.6 is 15.9 Å². The summed E-state index contributed by atoms with van der Waals surface area (Å²) in [5.74, 6) is -1.23. The van der Waals surface area contributed by atoms with Crippen LogP contribution in [-0.4, -0.2) is 16.0 Å². The third-order valence-electron chi connectivity index (χ3n) is 2.19. The fourth-order valence-corrected chi connectivity index (χ4v) is 1.80. The number of hydrogen-bond donors (Lipinski definition) is 2. The van der Waals surface area contributed by atoms with Gasteiger partial charge in [-0.05, 0) is 34.1 Å². The van der Waals surface area contributed by atoms with Crippen LogP contribution < -0.4 is 5.32 Å². The average molecular weight is 311 g/mol. The molecule has 1 heterocycles. The minimum absolute atomic E-state index is 0.0471. The Hall–Kier alpha value is -1.95. The maximum absolute atomic E-state index is 13.5. The monoisotopic (exact) mass is 310 g/mol. The molecule has 1 aromatic heterocycles. The van der Waals surface area contributed by atoms with Crippen molar-refractivity contribution in [2.75, 3.05) is 5.32 Å². The van der Waals surface area contributed by atoms with Crippen LogP contribution in [0.4, 0.5) is 10.1 Å². The molecule has 0 fully saturated rings. The summed E-state index contributed by atoms with van der Waals surface area (Å²) in [5, 5.41) is 11.6. The molecule has 1 aromatic carbocycles. The van der Waals surface area contributed by atoms with Crippen LogP contribution in [0.2, 0.25) is 0 Å². The van der Waals surface area contributed by atoms with Crippen LogP contribution in [0.1, 0.15) is 10.4 Å². The molecular weight excluding hydrogens is 303 g/mol. The number of benzene rings is 1. The fourth-order valence-electron chi connectivity index (χ4n) is 1.35. The van der Waals surface area contributed by atoms with Gasteiger partial charge in [0.05, 0.1) is 17.4 Å². The third kappa shape index (κ3) is 2.65. The Morgan fingerprint density at radius 1 is 1.39 bits per heavy atom. The quantitative estimate of drug-likeness (QED) is 0.896. The van der Waals surface area contributed by atoms with Gasteiger partial charge in [-0.1, -0.05) is 6.07 Å². The summed E-state index contributed by atoms with van der Waals surface area (Å²) in [4.78, 5) is 15.5. The maximum atomic E-state index is 13.5. The van der Waals surface area contributed by atoms with Crippen LogP contribution in [0, 0.1) is 5.82 Å². The van der Waals surface area contributed by atoms with Gasteiger partial charge in [-0.25, -0.2) is 4.39 Å². The molecule has 6 heteroatoms. The van der Waals surface area contributed by atoms with Crippen molar-refractivity contribution in [3.63, 3.8) is 0 Å². The first-order chi connectivity index (χ1) is 8.58. The summed E-state index contributed by atoms with van der Waals surface area (Å²) >= 11 is 3.14. The molecule has 2 rings (SSSR count). The first kappa shape index (κ1) is 12.5. The number of aromatic hydroxyl groups is 1. The Kier molecular flexibility index (Phi) is 3.57. The van der Waals surface area contributed by atoms with Gasteiger partial charge >= 0.3 is 0 Å². The maximum Gasteiger partial charge on any atom is 0.257 e. The summed E-state index contributed by atoms with van der Waals surface area (Å²) in [7, 11) is 0. The van der Waals surface area contributed by atoms with Gasteiger partial charge in [0.15, 0.2) is 0 Å². The number of carbonyl (C=O) groups excluding carboxylic acids is 1. The highest BCUT2D eigenvalue weighted by molar-refractivity contribution is 9.10. The van der Waals surface area contributed by atoms with E-state index in [1.165, 1.54) is 30.6 Å². The van der Waals surface area contributed by atoms with E-state index in [9.17, 15) is 14.3 Å². The Labute approximate surface area is 111 Å². The van der Waals surface area contributed by atoms with Gasteiger partial charge in [0.1, 0.15) is 11.6 Å². The van der Waals surface area contributed by atoms with E-state index in [-0.39, 0.29) is 17.0 Å². The van der Waals surface area contributed by atoms with Gasteiger partial charge < -0.3 is 10.4 Å². The molecule has 2 N–H and O–H groups in total. The highest BCUT2D eigenvalue weighted by atomic mass is 79.9. The minimum atomic E-state index is -0.552. The van der Waals surface area contributed by atoms with E-state index < -0.39 is 11.7 Å². The zero-order valence-corrected chi connectivity index (χ0v) is 10.6. The number of nitrogens with one attached hydrogen (secondary N) is 1. The van der Waals surface area contributed by atoms with Gasteiger partial charge in [0, 0.05) is 10.7 Å². The Morgan fingerprint density at radius 3 is 2.83 bits per heavy atom. The molecule has 0 aliphatic heterocycles. The summed E-state index contributed by atoms with van der Waals surface area (Å²) in [6, 6.07) is 5.61. The molecule has 0 aliphatic rings. The van der Waals surface area contributed by atoms with Crippen molar-refractivity contribution >= 4 is 27.5 Å². The first-order valence-corrected chi connectivity index (χ1v) is 5.76. The third-order valence-corrected chi connectivity index (χ3v) is 2.85. The molecule has 0 aliphatic carbocycles. The molecule has 0 radical (unpaired) electrons. The smallest absolute Gasteiger partial charge is 0.257 e. The van der Waals surface area contributed by atoms with E-state index in [4.69, 9.17) is 0 Å². The van der Waals surface area contributed by atoms with Gasteiger partial charge in [0.25, 0.3) is 5.91 Å². The molecule has 0 spiro atoms. The molecule has 18 heavy (non-hydrogen) atoms. The number of pyridine rings is 1. The number of nitrogens with zero attached hydrogens (tertiary/aromatic N) is 1. The second-order valence-corrected chi connectivity index (χ2v) is 4.34. The number of rotatable bonds is 2. The van der Waals surface area contributed by atoms with E-state index in [0.717, 1.165) is 0 Å². The lowest BCUT2D eigenvalue weighted by atomic mass is 10.2. The van der Waals surface area contributed by atoms with Gasteiger partial charge in [-0.3, -0.25) is 9.78 Å². The number of para-hydroxylation sites is 1. The summed E-state index contributed by atoms with van der Waals surface area (Å²) in [6.07, 6.45) is 2.49. The van der Waals surface area contributed by atoms with E-state index >= 15 is 0 Å². The van der Waals surface area contributed by atoms with Crippen LogP contribution in [-0.2, 0) is 0 Å². The highest BCUT2D eigenvalue weighted by Crippen LogP contribution is 2.25. The second-order valence-electron chi connectivity index (χ2n) is 3.48. The predicted molar refractivity (Wildman–Crippen MR) is 68.0 cm³/mol. The SMILES string of the molecule is O=C(Nc1c(F)cccc1Br)c1cncc(O)c1. The minimum Gasteiger partial charge on any atom is -0.506 e. The van der Waals surface area contributed by atoms with Crippen molar-refractivity contribution in [1.29, 1.82) is 0 Å². The van der Waals surface area contributed by atoms with Gasteiger partial charge in [-0.15, -0.1) is 0 Å². The van der Waals surface area contributed by atoms with E-state index in [2.05, 4.69) is 26.2 Å². The normalized spacial score (nSPS) is 10.1. The molecule has 0 saturated carbocycles. The zero-order valence-electron chi connectivity index (χ0n) is 9.02. The van der Waals surface area contributed by atoms with Crippen molar-refractivity contribution in [1.82, 2.24) is 4.98 Å². The largest absolute Gasteiger partial charge is 0.506 e. The van der Waals surface area contributed by atoms with E-state index in [1.807, 2.05) is 0 Å². The highest BCUT2D eigenvalue weighted by Gasteiger charge is 2.12. The van der Waals surface area contributed by atoms with Crippen LogP contribution in [0.3, 0.4) is 0 Å². The number of amides is 1. The van der Waals surface area contributed by atoms with Gasteiger partial charge in [0.2, 0.25) is 0 Å². The molecule has 4 nitrogen and oxygen atoms in total. The topological polar surface area (TPSA) is 62.2 Å².